The van der Waals surface area contributed by atoms with Gasteiger partial charge in [-0.05, 0) is 44.5 Å². The number of aryl methyl sites for hydroxylation is 2. The number of amides is 1. The first kappa shape index (κ1) is 22.5. The second-order valence-corrected chi connectivity index (χ2v) is 9.66. The van der Waals surface area contributed by atoms with Crippen molar-refractivity contribution in [2.45, 2.75) is 35.9 Å². The molecule has 1 aliphatic heterocycles. The smallest absolute Gasteiger partial charge is 0.255 e. The first-order chi connectivity index (χ1) is 15.5. The van der Waals surface area contributed by atoms with Crippen molar-refractivity contribution in [2.24, 2.45) is 0 Å². The third-order valence-corrected chi connectivity index (χ3v) is 7.13. The van der Waals surface area contributed by atoms with E-state index in [1.807, 2.05) is 48.4 Å². The lowest BCUT2D eigenvalue weighted by molar-refractivity contribution is -0.116. The van der Waals surface area contributed by atoms with Gasteiger partial charge in [-0.25, -0.2) is 9.97 Å². The molecule has 3 heterocycles. The van der Waals surface area contributed by atoms with E-state index >= 15 is 0 Å². The lowest BCUT2D eigenvalue weighted by atomic mass is 10.1. The second-order valence-electron chi connectivity index (χ2n) is 7.48. The maximum Gasteiger partial charge on any atom is 0.255 e. The Hall–Kier alpha value is -2.69. The largest absolute Gasteiger partial charge is 0.378 e. The number of nitrogens with zero attached hydrogens (tertiary/aromatic N) is 3. The summed E-state index contributed by atoms with van der Waals surface area (Å²) in [6.45, 7) is 6.43. The van der Waals surface area contributed by atoms with Crippen LogP contribution in [0.4, 0.5) is 11.6 Å². The molecule has 0 aliphatic carbocycles. The van der Waals surface area contributed by atoms with E-state index in [2.05, 4.69) is 20.3 Å². The number of ether oxygens (including phenoxy) is 1. The zero-order valence-electron chi connectivity index (χ0n) is 18.0. The highest BCUT2D eigenvalue weighted by Crippen LogP contribution is 2.30. The topological polar surface area (TPSA) is 100 Å². The number of rotatable bonds is 7. The average molecular weight is 472 g/mol. The Morgan fingerprint density at radius 3 is 2.62 bits per heavy atom. The van der Waals surface area contributed by atoms with Gasteiger partial charge in [0.05, 0.1) is 13.2 Å². The van der Waals surface area contributed by atoms with Crippen LogP contribution >= 0.6 is 23.1 Å². The van der Waals surface area contributed by atoms with Gasteiger partial charge >= 0.3 is 0 Å². The molecule has 8 nitrogen and oxygen atoms in total. The van der Waals surface area contributed by atoms with Gasteiger partial charge in [-0.1, -0.05) is 11.8 Å². The molecule has 1 aliphatic rings. The fraction of sp³-hybridized carbons (Fsp3) is 0.364. The molecule has 0 bridgehead atoms. The zero-order valence-corrected chi connectivity index (χ0v) is 19.6. The predicted octanol–water partition coefficient (Wildman–Crippen LogP) is 3.40. The van der Waals surface area contributed by atoms with Crippen molar-refractivity contribution in [2.75, 3.05) is 36.5 Å². The third-order valence-electron chi connectivity index (χ3n) is 5.06. The molecule has 4 rings (SSSR count). The number of anilines is 2. The summed E-state index contributed by atoms with van der Waals surface area (Å²) in [6, 6.07) is 7.66. The summed E-state index contributed by atoms with van der Waals surface area (Å²) >= 11 is 3.21. The number of benzene rings is 1. The Labute approximate surface area is 194 Å². The molecule has 168 valence electrons. The normalized spacial score (nSPS) is 13.9. The molecule has 1 fully saturated rings. The number of nitrogens with one attached hydrogen (secondary N) is 2. The van der Waals surface area contributed by atoms with Crippen molar-refractivity contribution >= 4 is 40.6 Å². The first-order valence-corrected chi connectivity index (χ1v) is 12.1. The summed E-state index contributed by atoms with van der Waals surface area (Å²) in [5.41, 5.74) is 2.75. The van der Waals surface area contributed by atoms with Crippen LogP contribution in [-0.4, -0.2) is 47.2 Å². The van der Waals surface area contributed by atoms with Crippen LogP contribution < -0.4 is 15.8 Å². The lowest BCUT2D eigenvalue weighted by Crippen LogP contribution is -2.38. The number of aromatic nitrogens is 3. The van der Waals surface area contributed by atoms with Gasteiger partial charge in [-0.3, -0.25) is 14.6 Å². The van der Waals surface area contributed by atoms with Crippen LogP contribution in [-0.2, 0) is 16.0 Å². The number of hydrogen-bond donors (Lipinski definition) is 2. The van der Waals surface area contributed by atoms with Gasteiger partial charge in [-0.15, -0.1) is 11.3 Å². The minimum absolute atomic E-state index is 0.142. The van der Waals surface area contributed by atoms with Gasteiger partial charge < -0.3 is 15.0 Å². The van der Waals surface area contributed by atoms with E-state index in [1.165, 1.54) is 0 Å². The monoisotopic (exact) mass is 471 g/mol. The molecule has 3 aromatic rings. The zero-order chi connectivity index (χ0) is 22.5. The lowest BCUT2D eigenvalue weighted by Gasteiger charge is -2.27. The fourth-order valence-corrected chi connectivity index (χ4v) is 5.17. The Bertz CT molecular complexity index is 1140. The van der Waals surface area contributed by atoms with Crippen LogP contribution in [0.3, 0.4) is 0 Å². The molecule has 2 aromatic heterocycles. The van der Waals surface area contributed by atoms with Crippen LogP contribution in [0, 0.1) is 13.8 Å². The average Bonchev–Trinajstić information content (AvgIpc) is 3.19. The Kier molecular flexibility index (Phi) is 7.23. The molecule has 2 N–H and O–H groups in total. The molecule has 0 radical (unpaired) electrons. The van der Waals surface area contributed by atoms with Crippen LogP contribution in [0.25, 0.3) is 0 Å². The highest BCUT2D eigenvalue weighted by Gasteiger charge is 2.17. The van der Waals surface area contributed by atoms with E-state index in [0.717, 1.165) is 20.6 Å². The fourth-order valence-electron chi connectivity index (χ4n) is 3.36. The molecule has 0 unspecified atom stereocenters. The van der Waals surface area contributed by atoms with Gasteiger partial charge in [0.1, 0.15) is 0 Å². The first-order valence-electron chi connectivity index (χ1n) is 10.4. The van der Waals surface area contributed by atoms with Crippen LogP contribution in [0.15, 0.2) is 43.7 Å². The number of carbonyl (C=O) groups is 1. The van der Waals surface area contributed by atoms with Gasteiger partial charge in [-0.2, -0.15) is 0 Å². The number of hydrogen-bond acceptors (Lipinski definition) is 8. The predicted molar refractivity (Wildman–Crippen MR) is 127 cm³/mol. The summed E-state index contributed by atoms with van der Waals surface area (Å²) < 4.78 is 6.34. The quantitative estimate of drug-likeness (QED) is 0.545. The van der Waals surface area contributed by atoms with Crippen molar-refractivity contribution in [1.82, 2.24) is 15.0 Å². The van der Waals surface area contributed by atoms with E-state index in [-0.39, 0.29) is 17.9 Å². The molecule has 0 atom stereocenters. The van der Waals surface area contributed by atoms with Crippen molar-refractivity contribution in [3.8, 4) is 0 Å². The molecule has 1 saturated heterocycles. The van der Waals surface area contributed by atoms with E-state index in [9.17, 15) is 9.59 Å². The molecule has 1 amide bonds. The van der Waals surface area contributed by atoms with E-state index in [0.29, 0.717) is 49.9 Å². The molecular formula is C22H25N5O3S2. The number of aromatic amines is 1. The summed E-state index contributed by atoms with van der Waals surface area (Å²) in [7, 11) is 0. The molecule has 0 spiro atoms. The summed E-state index contributed by atoms with van der Waals surface area (Å²) in [4.78, 5) is 39.9. The van der Waals surface area contributed by atoms with Gasteiger partial charge in [0, 0.05) is 52.4 Å². The molecular weight excluding hydrogens is 446 g/mol. The van der Waals surface area contributed by atoms with Gasteiger partial charge in [0.2, 0.25) is 11.9 Å². The number of thiazole rings is 1. The third kappa shape index (κ3) is 5.76. The minimum atomic E-state index is -0.189. The highest BCUT2D eigenvalue weighted by molar-refractivity contribution is 8.01. The summed E-state index contributed by atoms with van der Waals surface area (Å²) in [6.07, 6.45) is 0.540. The maximum atomic E-state index is 12.6. The molecule has 32 heavy (non-hydrogen) atoms. The number of morpholine rings is 1. The summed E-state index contributed by atoms with van der Waals surface area (Å²) in [5.74, 6) is 0.423. The van der Waals surface area contributed by atoms with Crippen molar-refractivity contribution in [3.63, 3.8) is 0 Å². The Morgan fingerprint density at radius 2 is 1.97 bits per heavy atom. The van der Waals surface area contributed by atoms with Crippen LogP contribution in [0.5, 0.6) is 0 Å². The standard InChI is InChI=1S/C22H25N5O3S2/c1-14-13-31-22(23-14)32-17-5-3-16(4-6-17)25-19(28)8-7-18-15(2)24-21(26-20(18)29)27-9-11-30-12-10-27/h3-6,13H,7-12H2,1-2H3,(H,25,28)(H,24,26,29). The van der Waals surface area contributed by atoms with Crippen molar-refractivity contribution in [1.29, 1.82) is 0 Å². The molecule has 1 aromatic carbocycles. The Morgan fingerprint density at radius 1 is 1.22 bits per heavy atom. The van der Waals surface area contributed by atoms with E-state index < -0.39 is 0 Å². The summed E-state index contributed by atoms with van der Waals surface area (Å²) in [5, 5.41) is 4.92. The Balaban J connectivity index is 1.32. The second kappa shape index (κ2) is 10.3. The van der Waals surface area contributed by atoms with Crippen LogP contribution in [0.2, 0.25) is 0 Å². The van der Waals surface area contributed by atoms with Gasteiger partial charge in [0.15, 0.2) is 4.34 Å². The van der Waals surface area contributed by atoms with Gasteiger partial charge in [0.25, 0.3) is 5.56 Å². The van der Waals surface area contributed by atoms with Crippen molar-refractivity contribution in [3.05, 3.63) is 57.0 Å². The van der Waals surface area contributed by atoms with E-state index in [1.54, 1.807) is 23.1 Å². The highest BCUT2D eigenvalue weighted by atomic mass is 32.2. The number of H-pyrrole nitrogens is 1. The maximum absolute atomic E-state index is 12.6. The van der Waals surface area contributed by atoms with Crippen LogP contribution in [0.1, 0.15) is 23.4 Å². The molecule has 10 heteroatoms. The van der Waals surface area contributed by atoms with Crippen molar-refractivity contribution < 1.29 is 9.53 Å². The SMILES string of the molecule is Cc1csc(Sc2ccc(NC(=O)CCc3c(C)nc(N4CCOCC4)[nH]c3=O)cc2)n1. The van der Waals surface area contributed by atoms with E-state index in [4.69, 9.17) is 4.74 Å². The molecule has 0 saturated carbocycles. The minimum Gasteiger partial charge on any atom is -0.378 e. The number of carbonyl (C=O) groups excluding carboxylic acids is 1.